The first-order valence-corrected chi connectivity index (χ1v) is 11.2. The Bertz CT molecular complexity index is 1310. The maximum absolute atomic E-state index is 11.2. The summed E-state index contributed by atoms with van der Waals surface area (Å²) in [5, 5.41) is 29.9. The highest BCUT2D eigenvalue weighted by Crippen LogP contribution is 2.36. The van der Waals surface area contributed by atoms with Crippen molar-refractivity contribution in [2.75, 3.05) is 6.61 Å². The number of nitriles is 1. The molecular weight excluding hydrogens is 551 g/mol. The third-order valence-corrected chi connectivity index (χ3v) is 5.49. The van der Waals surface area contributed by atoms with E-state index in [1.54, 1.807) is 42.5 Å². The van der Waals surface area contributed by atoms with E-state index < -0.39 is 10.9 Å². The predicted octanol–water partition coefficient (Wildman–Crippen LogP) is 5.94. The summed E-state index contributed by atoms with van der Waals surface area (Å²) < 4.78 is 12.4. The van der Waals surface area contributed by atoms with Crippen molar-refractivity contribution >= 4 is 45.9 Å². The Labute approximate surface area is 209 Å². The van der Waals surface area contributed by atoms with E-state index in [-0.39, 0.29) is 23.4 Å². The molecule has 0 aliphatic heterocycles. The summed E-state index contributed by atoms with van der Waals surface area (Å²) in [7, 11) is 0. The van der Waals surface area contributed by atoms with Gasteiger partial charge in [-0.3, -0.25) is 10.1 Å². The van der Waals surface area contributed by atoms with Gasteiger partial charge >= 0.3 is 5.97 Å². The number of non-ortho nitro benzene ring substituents is 1. The third kappa shape index (κ3) is 6.11. The summed E-state index contributed by atoms with van der Waals surface area (Å²) >= 11 is 2.10. The van der Waals surface area contributed by atoms with E-state index in [1.165, 1.54) is 24.3 Å². The quantitative estimate of drug-likeness (QED) is 0.111. The Balaban J connectivity index is 1.93. The van der Waals surface area contributed by atoms with Crippen LogP contribution in [0.25, 0.3) is 11.6 Å². The molecule has 0 aliphatic rings. The van der Waals surface area contributed by atoms with E-state index >= 15 is 0 Å². The molecule has 34 heavy (non-hydrogen) atoms. The number of nitrogens with zero attached hydrogens (tertiary/aromatic N) is 2. The van der Waals surface area contributed by atoms with Crippen molar-refractivity contribution in [3.63, 3.8) is 0 Å². The van der Waals surface area contributed by atoms with Gasteiger partial charge in [0, 0.05) is 12.1 Å². The lowest BCUT2D eigenvalue weighted by molar-refractivity contribution is -0.384. The van der Waals surface area contributed by atoms with E-state index in [0.29, 0.717) is 34.8 Å². The summed E-state index contributed by atoms with van der Waals surface area (Å²) in [6, 6.07) is 18.0. The minimum absolute atomic E-state index is 0.0982. The van der Waals surface area contributed by atoms with Crippen molar-refractivity contribution in [2.45, 2.75) is 13.5 Å². The zero-order valence-corrected chi connectivity index (χ0v) is 20.2. The number of nitro benzene ring substituents is 1. The van der Waals surface area contributed by atoms with Gasteiger partial charge in [-0.05, 0) is 76.5 Å². The number of carboxylic acid groups (broad SMARTS) is 1. The molecule has 3 aromatic rings. The van der Waals surface area contributed by atoms with Crippen LogP contribution in [0.2, 0.25) is 0 Å². The van der Waals surface area contributed by atoms with Gasteiger partial charge < -0.3 is 14.6 Å². The zero-order chi connectivity index (χ0) is 24.7. The average molecular weight is 570 g/mol. The maximum Gasteiger partial charge on any atom is 0.335 e. The molecule has 9 heteroatoms. The lowest BCUT2D eigenvalue weighted by Crippen LogP contribution is -2.03. The fourth-order valence-electron chi connectivity index (χ4n) is 3.16. The molecule has 0 atom stereocenters. The Morgan fingerprint density at radius 3 is 2.56 bits per heavy atom. The van der Waals surface area contributed by atoms with Crippen molar-refractivity contribution in [1.29, 1.82) is 5.26 Å². The highest BCUT2D eigenvalue weighted by atomic mass is 127. The predicted molar refractivity (Wildman–Crippen MR) is 135 cm³/mol. The van der Waals surface area contributed by atoms with Crippen LogP contribution in [0.15, 0.2) is 60.7 Å². The van der Waals surface area contributed by atoms with Gasteiger partial charge in [-0.1, -0.05) is 24.3 Å². The molecule has 0 spiro atoms. The minimum Gasteiger partial charge on any atom is -0.490 e. The number of allylic oxidation sites excluding steroid dienone is 1. The van der Waals surface area contributed by atoms with Gasteiger partial charge in [0.1, 0.15) is 6.61 Å². The van der Waals surface area contributed by atoms with Gasteiger partial charge in [0.15, 0.2) is 11.5 Å². The SMILES string of the molecule is CCOc1cc(/C=C(/C#N)c2cccc([N+](=O)[O-])c2)cc(I)c1OCc1cccc(C(=O)O)c1. The molecule has 0 heterocycles. The van der Waals surface area contributed by atoms with Crippen molar-refractivity contribution in [3.8, 4) is 17.6 Å². The van der Waals surface area contributed by atoms with E-state index in [1.807, 2.05) is 6.92 Å². The Morgan fingerprint density at radius 1 is 1.15 bits per heavy atom. The highest BCUT2D eigenvalue weighted by Gasteiger charge is 2.14. The topological polar surface area (TPSA) is 123 Å². The largest absolute Gasteiger partial charge is 0.490 e. The van der Waals surface area contributed by atoms with Crippen LogP contribution in [0.1, 0.15) is 34.0 Å². The second-order valence-corrected chi connectivity index (χ2v) is 8.20. The zero-order valence-electron chi connectivity index (χ0n) is 18.0. The minimum atomic E-state index is -1.01. The lowest BCUT2D eigenvalue weighted by atomic mass is 10.0. The van der Waals surface area contributed by atoms with Crippen LogP contribution in [-0.4, -0.2) is 22.6 Å². The number of ether oxygens (including phenoxy) is 2. The van der Waals surface area contributed by atoms with Crippen LogP contribution in [0.5, 0.6) is 11.5 Å². The van der Waals surface area contributed by atoms with Crippen LogP contribution in [0.4, 0.5) is 5.69 Å². The number of carboxylic acids is 1. The van der Waals surface area contributed by atoms with Crippen LogP contribution in [0, 0.1) is 25.0 Å². The molecule has 172 valence electrons. The molecule has 8 nitrogen and oxygen atoms in total. The monoisotopic (exact) mass is 570 g/mol. The van der Waals surface area contributed by atoms with Crippen LogP contribution >= 0.6 is 22.6 Å². The number of benzene rings is 3. The second-order valence-electron chi connectivity index (χ2n) is 7.03. The molecule has 0 aliphatic carbocycles. The molecule has 0 unspecified atom stereocenters. The Morgan fingerprint density at radius 2 is 1.88 bits per heavy atom. The van der Waals surface area contributed by atoms with Gasteiger partial charge in [0.2, 0.25) is 0 Å². The molecule has 0 aromatic heterocycles. The van der Waals surface area contributed by atoms with E-state index in [9.17, 15) is 25.3 Å². The third-order valence-electron chi connectivity index (χ3n) is 4.69. The standard InChI is InChI=1S/C25H19IN2O6/c1-2-33-23-12-17(10-20(14-27)18-6-4-8-21(13-18)28(31)32)11-22(26)24(23)34-15-16-5-3-7-19(9-16)25(29)30/h3-13H,2,15H2,1H3,(H,29,30)/b20-10-. The van der Waals surface area contributed by atoms with Gasteiger partial charge in [-0.2, -0.15) is 5.26 Å². The number of carbonyl (C=O) groups is 1. The first kappa shape index (κ1) is 24.7. The van der Waals surface area contributed by atoms with Crippen molar-refractivity contribution in [2.24, 2.45) is 0 Å². The van der Waals surface area contributed by atoms with Crippen LogP contribution < -0.4 is 9.47 Å². The fourth-order valence-corrected chi connectivity index (χ4v) is 3.94. The van der Waals surface area contributed by atoms with Crippen LogP contribution in [0.3, 0.4) is 0 Å². The van der Waals surface area contributed by atoms with E-state index in [0.717, 1.165) is 3.57 Å². The molecule has 0 saturated heterocycles. The second kappa shape index (κ2) is 11.3. The number of rotatable bonds is 9. The molecule has 0 radical (unpaired) electrons. The van der Waals surface area contributed by atoms with Crippen molar-refractivity contribution < 1.29 is 24.3 Å². The number of aromatic carboxylic acids is 1. The first-order valence-electron chi connectivity index (χ1n) is 10.1. The molecule has 0 amide bonds. The number of hydrogen-bond acceptors (Lipinski definition) is 6. The van der Waals surface area contributed by atoms with Crippen molar-refractivity contribution in [3.05, 3.63) is 96.6 Å². The number of nitro groups is 1. The molecular formula is C25H19IN2O6. The Kier molecular flexibility index (Phi) is 8.21. The van der Waals surface area contributed by atoms with Gasteiger partial charge in [0.25, 0.3) is 5.69 Å². The molecule has 3 rings (SSSR count). The van der Waals surface area contributed by atoms with Gasteiger partial charge in [-0.25, -0.2) is 4.79 Å². The summed E-state index contributed by atoms with van der Waals surface area (Å²) in [5.74, 6) is -0.0554. The Hall–Kier alpha value is -3.91. The maximum atomic E-state index is 11.2. The average Bonchev–Trinajstić information content (AvgIpc) is 2.82. The van der Waals surface area contributed by atoms with E-state index in [4.69, 9.17) is 9.47 Å². The summed E-state index contributed by atoms with van der Waals surface area (Å²) in [5.41, 5.74) is 2.13. The molecule has 0 bridgehead atoms. The molecule has 0 saturated carbocycles. The van der Waals surface area contributed by atoms with Crippen LogP contribution in [-0.2, 0) is 6.61 Å². The fraction of sp³-hybridized carbons (Fsp3) is 0.120. The van der Waals surface area contributed by atoms with E-state index in [2.05, 4.69) is 28.7 Å². The van der Waals surface area contributed by atoms with Crippen molar-refractivity contribution in [1.82, 2.24) is 0 Å². The molecule has 0 fully saturated rings. The molecule has 3 aromatic carbocycles. The first-order chi connectivity index (χ1) is 16.3. The summed E-state index contributed by atoms with van der Waals surface area (Å²) in [6.07, 6.45) is 1.63. The summed E-state index contributed by atoms with van der Waals surface area (Å²) in [4.78, 5) is 21.8. The van der Waals surface area contributed by atoms with Gasteiger partial charge in [-0.15, -0.1) is 0 Å². The summed E-state index contributed by atoms with van der Waals surface area (Å²) in [6.45, 7) is 2.35. The number of hydrogen-bond donors (Lipinski definition) is 1. The normalized spacial score (nSPS) is 10.9. The highest BCUT2D eigenvalue weighted by molar-refractivity contribution is 14.1. The van der Waals surface area contributed by atoms with Gasteiger partial charge in [0.05, 0.1) is 32.3 Å². The number of halogens is 1. The lowest BCUT2D eigenvalue weighted by Gasteiger charge is -2.15. The smallest absolute Gasteiger partial charge is 0.335 e. The molecule has 1 N–H and O–H groups in total.